The van der Waals surface area contributed by atoms with E-state index in [9.17, 15) is 9.59 Å². The number of likely N-dealkylation sites (tertiary alicyclic amines) is 1. The van der Waals surface area contributed by atoms with Crippen LogP contribution in [0.3, 0.4) is 0 Å². The molecule has 1 aromatic rings. The summed E-state index contributed by atoms with van der Waals surface area (Å²) in [6, 6.07) is 0. The maximum Gasteiger partial charge on any atom is 0.308 e. The van der Waals surface area contributed by atoms with Gasteiger partial charge in [-0.3, -0.25) is 9.59 Å². The second-order valence-corrected chi connectivity index (χ2v) is 6.25. The van der Waals surface area contributed by atoms with Gasteiger partial charge in [0.2, 0.25) is 5.91 Å². The largest absolute Gasteiger partial charge is 0.481 e. The standard InChI is InChI=1S/C14H21N3O3S/c1-11(13(19)20)9-17(14-15-5-8-21-14)10-12(18)16-6-3-2-4-7-16/h5,8,11H,2-4,6-7,9-10H2,1H3,(H,19,20). The van der Waals surface area contributed by atoms with Gasteiger partial charge in [-0.05, 0) is 19.3 Å². The minimum absolute atomic E-state index is 0.0579. The minimum Gasteiger partial charge on any atom is -0.481 e. The summed E-state index contributed by atoms with van der Waals surface area (Å²) in [5.41, 5.74) is 0. The third-order valence-corrected chi connectivity index (χ3v) is 4.47. The fourth-order valence-corrected chi connectivity index (χ4v) is 3.05. The van der Waals surface area contributed by atoms with Crippen LogP contribution in [-0.2, 0) is 9.59 Å². The third-order valence-electron chi connectivity index (χ3n) is 3.64. The Balaban J connectivity index is 2.01. The number of carbonyl (C=O) groups is 2. The molecule has 0 bridgehead atoms. The summed E-state index contributed by atoms with van der Waals surface area (Å²) in [7, 11) is 0. The van der Waals surface area contributed by atoms with E-state index in [1.165, 1.54) is 17.8 Å². The molecule has 1 aliphatic heterocycles. The van der Waals surface area contributed by atoms with Crippen LogP contribution < -0.4 is 4.90 Å². The summed E-state index contributed by atoms with van der Waals surface area (Å²) in [4.78, 5) is 31.3. The molecule has 0 spiro atoms. The number of hydrogen-bond acceptors (Lipinski definition) is 5. The number of carbonyl (C=O) groups excluding carboxylic acids is 1. The number of thiazole rings is 1. The molecule has 0 saturated carbocycles. The second kappa shape index (κ2) is 7.40. The van der Waals surface area contributed by atoms with Crippen LogP contribution in [0.4, 0.5) is 5.13 Å². The number of aliphatic carboxylic acids is 1. The minimum atomic E-state index is -0.859. The van der Waals surface area contributed by atoms with Gasteiger partial charge in [0.25, 0.3) is 0 Å². The predicted molar refractivity (Wildman–Crippen MR) is 81.6 cm³/mol. The van der Waals surface area contributed by atoms with Crippen molar-refractivity contribution in [3.63, 3.8) is 0 Å². The smallest absolute Gasteiger partial charge is 0.308 e. The van der Waals surface area contributed by atoms with Gasteiger partial charge in [0.1, 0.15) is 0 Å². The van der Waals surface area contributed by atoms with Gasteiger partial charge >= 0.3 is 5.97 Å². The fourth-order valence-electron chi connectivity index (χ4n) is 2.40. The molecule has 2 heterocycles. The molecule has 1 atom stereocenters. The average molecular weight is 311 g/mol. The number of carboxylic acids is 1. The molecule has 0 aromatic carbocycles. The van der Waals surface area contributed by atoms with Crippen LogP contribution in [0.25, 0.3) is 0 Å². The van der Waals surface area contributed by atoms with Gasteiger partial charge in [-0.2, -0.15) is 0 Å². The highest BCUT2D eigenvalue weighted by Gasteiger charge is 2.23. The lowest BCUT2D eigenvalue weighted by molar-refractivity contribution is -0.141. The van der Waals surface area contributed by atoms with E-state index >= 15 is 0 Å². The average Bonchev–Trinajstić information content (AvgIpc) is 3.01. The number of hydrogen-bond donors (Lipinski definition) is 1. The second-order valence-electron chi connectivity index (χ2n) is 5.38. The molecule has 2 rings (SSSR count). The fraction of sp³-hybridized carbons (Fsp3) is 0.643. The van der Waals surface area contributed by atoms with Crippen LogP contribution in [0.1, 0.15) is 26.2 Å². The molecule has 116 valence electrons. The van der Waals surface area contributed by atoms with Gasteiger partial charge in [-0.25, -0.2) is 4.98 Å². The predicted octanol–water partition coefficient (Wildman–Crippen LogP) is 1.68. The van der Waals surface area contributed by atoms with E-state index in [1.807, 2.05) is 10.3 Å². The number of aromatic nitrogens is 1. The number of rotatable bonds is 6. The van der Waals surface area contributed by atoms with Gasteiger partial charge in [0.05, 0.1) is 12.5 Å². The Morgan fingerprint density at radius 2 is 2.14 bits per heavy atom. The zero-order chi connectivity index (χ0) is 15.2. The van der Waals surface area contributed by atoms with Crippen LogP contribution in [0.5, 0.6) is 0 Å². The monoisotopic (exact) mass is 311 g/mol. The van der Waals surface area contributed by atoms with E-state index in [0.717, 1.165) is 25.9 Å². The molecule has 1 saturated heterocycles. The Morgan fingerprint density at radius 1 is 1.43 bits per heavy atom. The van der Waals surface area contributed by atoms with Crippen molar-refractivity contribution in [2.24, 2.45) is 5.92 Å². The Labute approximate surface area is 128 Å². The van der Waals surface area contributed by atoms with Crippen molar-refractivity contribution < 1.29 is 14.7 Å². The summed E-state index contributed by atoms with van der Waals surface area (Å²) >= 11 is 1.42. The first kappa shape index (κ1) is 15.8. The topological polar surface area (TPSA) is 73.7 Å². The van der Waals surface area contributed by atoms with Crippen LogP contribution in [-0.4, -0.2) is 53.0 Å². The molecule has 1 aliphatic rings. The lowest BCUT2D eigenvalue weighted by atomic mass is 10.1. The highest BCUT2D eigenvalue weighted by atomic mass is 32.1. The Bertz CT molecular complexity index is 472. The van der Waals surface area contributed by atoms with E-state index in [-0.39, 0.29) is 12.5 Å². The molecule has 7 heteroatoms. The highest BCUT2D eigenvalue weighted by Crippen LogP contribution is 2.19. The molecular weight excluding hydrogens is 290 g/mol. The van der Waals surface area contributed by atoms with Crippen molar-refractivity contribution in [3.8, 4) is 0 Å². The Hall–Kier alpha value is -1.63. The van der Waals surface area contributed by atoms with Crippen molar-refractivity contribution in [2.75, 3.05) is 31.1 Å². The number of nitrogens with zero attached hydrogens (tertiary/aromatic N) is 3. The van der Waals surface area contributed by atoms with Crippen LogP contribution in [0.2, 0.25) is 0 Å². The van der Waals surface area contributed by atoms with Crippen LogP contribution >= 0.6 is 11.3 Å². The first-order chi connectivity index (χ1) is 10.1. The summed E-state index contributed by atoms with van der Waals surface area (Å²) in [5, 5.41) is 11.6. The van der Waals surface area contributed by atoms with Gasteiger partial charge in [0.15, 0.2) is 5.13 Å². The quantitative estimate of drug-likeness (QED) is 0.865. The van der Waals surface area contributed by atoms with Gasteiger partial charge < -0.3 is 14.9 Å². The summed E-state index contributed by atoms with van der Waals surface area (Å²) < 4.78 is 0. The van der Waals surface area contributed by atoms with Crippen molar-refractivity contribution in [1.82, 2.24) is 9.88 Å². The van der Waals surface area contributed by atoms with Crippen molar-refractivity contribution in [3.05, 3.63) is 11.6 Å². The van der Waals surface area contributed by atoms with Crippen molar-refractivity contribution in [2.45, 2.75) is 26.2 Å². The third kappa shape index (κ3) is 4.42. The van der Waals surface area contributed by atoms with Crippen LogP contribution in [0.15, 0.2) is 11.6 Å². The first-order valence-corrected chi connectivity index (χ1v) is 8.11. The maximum atomic E-state index is 12.4. The van der Waals surface area contributed by atoms with Gasteiger partial charge in [-0.15, -0.1) is 11.3 Å². The van der Waals surface area contributed by atoms with E-state index in [1.54, 1.807) is 18.0 Å². The van der Waals surface area contributed by atoms with E-state index < -0.39 is 11.9 Å². The Kier molecular flexibility index (Phi) is 5.55. The first-order valence-electron chi connectivity index (χ1n) is 7.23. The number of anilines is 1. The molecule has 0 aliphatic carbocycles. The van der Waals surface area contributed by atoms with Crippen molar-refractivity contribution in [1.29, 1.82) is 0 Å². The van der Waals surface area contributed by atoms with E-state index in [4.69, 9.17) is 5.11 Å². The maximum absolute atomic E-state index is 12.4. The molecule has 1 N–H and O–H groups in total. The molecule has 6 nitrogen and oxygen atoms in total. The molecular formula is C14H21N3O3S. The molecule has 21 heavy (non-hydrogen) atoms. The number of carboxylic acid groups (broad SMARTS) is 1. The summed E-state index contributed by atoms with van der Waals surface area (Å²) in [5.74, 6) is -1.34. The van der Waals surface area contributed by atoms with Crippen LogP contribution in [0, 0.1) is 5.92 Å². The molecule has 0 radical (unpaired) electrons. The zero-order valence-corrected chi connectivity index (χ0v) is 13.0. The van der Waals surface area contributed by atoms with E-state index in [2.05, 4.69) is 4.98 Å². The number of amides is 1. The lowest BCUT2D eigenvalue weighted by Crippen LogP contribution is -2.44. The van der Waals surface area contributed by atoms with E-state index in [0.29, 0.717) is 11.7 Å². The van der Waals surface area contributed by atoms with Gasteiger partial charge in [-0.1, -0.05) is 6.92 Å². The highest BCUT2D eigenvalue weighted by molar-refractivity contribution is 7.13. The number of piperidine rings is 1. The molecule has 1 aromatic heterocycles. The summed E-state index contributed by atoms with van der Waals surface area (Å²) in [6.07, 6.45) is 4.95. The molecule has 1 unspecified atom stereocenters. The van der Waals surface area contributed by atoms with Gasteiger partial charge in [0, 0.05) is 31.2 Å². The summed E-state index contributed by atoms with van der Waals surface area (Å²) in [6.45, 7) is 3.75. The Morgan fingerprint density at radius 3 is 2.71 bits per heavy atom. The molecule has 1 fully saturated rings. The SMILES string of the molecule is CC(CN(CC(=O)N1CCCCC1)c1nccs1)C(=O)O. The lowest BCUT2D eigenvalue weighted by Gasteiger charge is -2.30. The van der Waals surface area contributed by atoms with Crippen molar-refractivity contribution >= 4 is 28.3 Å². The normalized spacial score (nSPS) is 16.5. The zero-order valence-electron chi connectivity index (χ0n) is 12.2. The molecule has 1 amide bonds.